The van der Waals surface area contributed by atoms with E-state index in [-0.39, 0.29) is 5.82 Å². The summed E-state index contributed by atoms with van der Waals surface area (Å²) in [5.74, 6) is 0.522. The minimum absolute atomic E-state index is 0.207. The van der Waals surface area contributed by atoms with Gasteiger partial charge >= 0.3 is 0 Å². The molecule has 20 heavy (non-hydrogen) atoms. The molecule has 0 aromatic heterocycles. The molecule has 1 N–H and O–H groups in total. The summed E-state index contributed by atoms with van der Waals surface area (Å²) in [5.41, 5.74) is 2.37. The highest BCUT2D eigenvalue weighted by atomic mass is 19.1. The molecule has 0 aliphatic heterocycles. The normalized spacial score (nSPS) is 10.8. The minimum Gasteiger partial charge on any atom is -0.497 e. The Kier molecular flexibility index (Phi) is 4.74. The van der Waals surface area contributed by atoms with Crippen LogP contribution in [0.2, 0.25) is 0 Å². The predicted molar refractivity (Wildman–Crippen MR) is 80.4 cm³/mol. The van der Waals surface area contributed by atoms with Gasteiger partial charge in [0.15, 0.2) is 0 Å². The van der Waals surface area contributed by atoms with Crippen LogP contribution >= 0.6 is 0 Å². The Bertz CT molecular complexity index is 581. The molecule has 0 aliphatic carbocycles. The first-order chi connectivity index (χ1) is 9.60. The third-order valence-electron chi connectivity index (χ3n) is 3.13. The number of ether oxygens (including phenoxy) is 1. The highest BCUT2D eigenvalue weighted by Crippen LogP contribution is 2.26. The van der Waals surface area contributed by atoms with Crippen molar-refractivity contribution < 1.29 is 9.13 Å². The third-order valence-corrected chi connectivity index (χ3v) is 3.13. The fourth-order valence-corrected chi connectivity index (χ4v) is 2.02. The van der Waals surface area contributed by atoms with E-state index in [1.165, 1.54) is 0 Å². The van der Waals surface area contributed by atoms with E-state index in [2.05, 4.69) is 19.2 Å². The van der Waals surface area contributed by atoms with E-state index in [0.29, 0.717) is 18.2 Å². The standard InChI is InChI=1S/C17H20FNO/c1-12(2)19-11-13-7-8-16(17(18)9-13)14-5-4-6-15(10-14)20-3/h4-10,12,19H,11H2,1-3H3. The van der Waals surface area contributed by atoms with Gasteiger partial charge in [-0.15, -0.1) is 0 Å². The largest absolute Gasteiger partial charge is 0.497 e. The first-order valence-corrected chi connectivity index (χ1v) is 6.76. The molecular formula is C17H20FNO. The fourth-order valence-electron chi connectivity index (χ4n) is 2.02. The average molecular weight is 273 g/mol. The van der Waals surface area contributed by atoms with Gasteiger partial charge in [-0.2, -0.15) is 0 Å². The van der Waals surface area contributed by atoms with E-state index >= 15 is 0 Å². The Morgan fingerprint density at radius 3 is 2.60 bits per heavy atom. The molecule has 0 saturated carbocycles. The van der Waals surface area contributed by atoms with E-state index in [1.807, 2.05) is 36.4 Å². The summed E-state index contributed by atoms with van der Waals surface area (Å²) in [7, 11) is 1.61. The number of nitrogens with one attached hydrogen (secondary N) is 1. The van der Waals surface area contributed by atoms with Crippen LogP contribution in [0.3, 0.4) is 0 Å². The van der Waals surface area contributed by atoms with Crippen LogP contribution in [0.5, 0.6) is 5.75 Å². The Balaban J connectivity index is 2.24. The maximum atomic E-state index is 14.2. The molecule has 0 fully saturated rings. The number of rotatable bonds is 5. The molecule has 0 saturated heterocycles. The Morgan fingerprint density at radius 2 is 1.95 bits per heavy atom. The van der Waals surface area contributed by atoms with Crippen molar-refractivity contribution in [2.45, 2.75) is 26.4 Å². The van der Waals surface area contributed by atoms with Crippen LogP contribution in [-0.2, 0) is 6.54 Å². The van der Waals surface area contributed by atoms with Gasteiger partial charge in [0.25, 0.3) is 0 Å². The van der Waals surface area contributed by atoms with Crippen molar-refractivity contribution in [3.8, 4) is 16.9 Å². The van der Waals surface area contributed by atoms with Crippen molar-refractivity contribution in [2.24, 2.45) is 0 Å². The van der Waals surface area contributed by atoms with Crippen LogP contribution in [-0.4, -0.2) is 13.2 Å². The second-order valence-corrected chi connectivity index (χ2v) is 5.08. The molecule has 3 heteroatoms. The average Bonchev–Trinajstić information content (AvgIpc) is 2.45. The summed E-state index contributed by atoms with van der Waals surface area (Å²) in [6, 6.07) is 13.2. The fraction of sp³-hybridized carbons (Fsp3) is 0.294. The molecular weight excluding hydrogens is 253 g/mol. The molecule has 106 valence electrons. The van der Waals surface area contributed by atoms with Crippen LogP contribution in [0.25, 0.3) is 11.1 Å². The van der Waals surface area contributed by atoms with E-state index in [4.69, 9.17) is 4.74 Å². The first-order valence-electron chi connectivity index (χ1n) is 6.76. The summed E-state index contributed by atoms with van der Waals surface area (Å²) in [6.45, 7) is 4.81. The van der Waals surface area contributed by atoms with Crippen LogP contribution in [0, 0.1) is 5.82 Å². The van der Waals surface area contributed by atoms with Gasteiger partial charge in [0.2, 0.25) is 0 Å². The highest BCUT2D eigenvalue weighted by Gasteiger charge is 2.07. The molecule has 2 aromatic rings. The quantitative estimate of drug-likeness (QED) is 0.889. The second-order valence-electron chi connectivity index (χ2n) is 5.08. The summed E-state index contributed by atoms with van der Waals surface area (Å²) in [4.78, 5) is 0. The predicted octanol–water partition coefficient (Wildman–Crippen LogP) is 4.00. The Morgan fingerprint density at radius 1 is 1.15 bits per heavy atom. The second kappa shape index (κ2) is 6.53. The molecule has 0 unspecified atom stereocenters. The summed E-state index contributed by atoms with van der Waals surface area (Å²) < 4.78 is 19.4. The lowest BCUT2D eigenvalue weighted by Gasteiger charge is -2.10. The molecule has 0 spiro atoms. The molecule has 0 heterocycles. The third kappa shape index (κ3) is 3.58. The molecule has 2 rings (SSSR count). The van der Waals surface area contributed by atoms with Gasteiger partial charge in [-0.1, -0.05) is 38.1 Å². The lowest BCUT2D eigenvalue weighted by atomic mass is 10.0. The van der Waals surface area contributed by atoms with E-state index in [1.54, 1.807) is 13.2 Å². The van der Waals surface area contributed by atoms with Gasteiger partial charge in [0.1, 0.15) is 11.6 Å². The van der Waals surface area contributed by atoms with Crippen molar-refractivity contribution in [3.63, 3.8) is 0 Å². The van der Waals surface area contributed by atoms with Gasteiger partial charge in [-0.05, 0) is 29.3 Å². The zero-order valence-electron chi connectivity index (χ0n) is 12.1. The topological polar surface area (TPSA) is 21.3 Å². The summed E-state index contributed by atoms with van der Waals surface area (Å²) >= 11 is 0. The van der Waals surface area contributed by atoms with Crippen LogP contribution in [0.4, 0.5) is 4.39 Å². The smallest absolute Gasteiger partial charge is 0.131 e. The van der Waals surface area contributed by atoms with Crippen LogP contribution in [0.1, 0.15) is 19.4 Å². The maximum Gasteiger partial charge on any atom is 0.131 e. The van der Waals surface area contributed by atoms with E-state index in [0.717, 1.165) is 16.9 Å². The molecule has 0 bridgehead atoms. The summed E-state index contributed by atoms with van der Waals surface area (Å²) in [6.07, 6.45) is 0. The van der Waals surface area contributed by atoms with Crippen molar-refractivity contribution in [2.75, 3.05) is 7.11 Å². The number of benzene rings is 2. The monoisotopic (exact) mass is 273 g/mol. The molecule has 2 nitrogen and oxygen atoms in total. The number of hydrogen-bond donors (Lipinski definition) is 1. The van der Waals surface area contributed by atoms with Gasteiger partial charge in [0, 0.05) is 18.2 Å². The lowest BCUT2D eigenvalue weighted by Crippen LogP contribution is -2.21. The van der Waals surface area contributed by atoms with Gasteiger partial charge < -0.3 is 10.1 Å². The molecule has 0 amide bonds. The molecule has 2 aromatic carbocycles. The van der Waals surface area contributed by atoms with Crippen LogP contribution < -0.4 is 10.1 Å². The molecule has 0 aliphatic rings. The SMILES string of the molecule is COc1cccc(-c2ccc(CNC(C)C)cc2F)c1. The number of methoxy groups -OCH3 is 1. The lowest BCUT2D eigenvalue weighted by molar-refractivity contribution is 0.415. The maximum absolute atomic E-state index is 14.2. The minimum atomic E-state index is -0.207. The highest BCUT2D eigenvalue weighted by molar-refractivity contribution is 5.66. The number of halogens is 1. The van der Waals surface area contributed by atoms with Crippen molar-refractivity contribution in [1.29, 1.82) is 0 Å². The van der Waals surface area contributed by atoms with E-state index in [9.17, 15) is 4.39 Å². The molecule has 0 atom stereocenters. The molecule has 0 radical (unpaired) electrons. The number of hydrogen-bond acceptors (Lipinski definition) is 2. The Hall–Kier alpha value is -1.87. The van der Waals surface area contributed by atoms with Gasteiger partial charge in [-0.3, -0.25) is 0 Å². The summed E-state index contributed by atoms with van der Waals surface area (Å²) in [5, 5.41) is 3.28. The van der Waals surface area contributed by atoms with Gasteiger partial charge in [-0.25, -0.2) is 4.39 Å². The first kappa shape index (κ1) is 14.5. The van der Waals surface area contributed by atoms with Crippen molar-refractivity contribution >= 4 is 0 Å². The van der Waals surface area contributed by atoms with Gasteiger partial charge in [0.05, 0.1) is 7.11 Å². The zero-order valence-corrected chi connectivity index (χ0v) is 12.1. The van der Waals surface area contributed by atoms with Crippen molar-refractivity contribution in [3.05, 3.63) is 53.8 Å². The zero-order chi connectivity index (χ0) is 14.5. The van der Waals surface area contributed by atoms with Crippen molar-refractivity contribution in [1.82, 2.24) is 5.32 Å². The van der Waals surface area contributed by atoms with E-state index < -0.39 is 0 Å². The van der Waals surface area contributed by atoms with Crippen LogP contribution in [0.15, 0.2) is 42.5 Å². The Labute approximate surface area is 119 Å².